The lowest BCUT2D eigenvalue weighted by molar-refractivity contribution is -0.122. The van der Waals surface area contributed by atoms with Gasteiger partial charge in [-0.25, -0.2) is 4.39 Å². The Kier molecular flexibility index (Phi) is 6.29. The second kappa shape index (κ2) is 7.74. The molecule has 1 aromatic carbocycles. The van der Waals surface area contributed by atoms with E-state index in [1.165, 1.54) is 13.1 Å². The lowest BCUT2D eigenvalue weighted by atomic mass is 10.1. The predicted octanol–water partition coefficient (Wildman–Crippen LogP) is 1.70. The van der Waals surface area contributed by atoms with Crippen molar-refractivity contribution in [3.63, 3.8) is 0 Å². The minimum atomic E-state index is -0.451. The summed E-state index contributed by atoms with van der Waals surface area (Å²) in [5.41, 5.74) is 0.713. The Morgan fingerprint density at radius 2 is 2.16 bits per heavy atom. The van der Waals surface area contributed by atoms with Gasteiger partial charge in [0.25, 0.3) is 5.91 Å². The third-order valence-electron chi connectivity index (χ3n) is 2.54. The van der Waals surface area contributed by atoms with Crippen molar-refractivity contribution in [2.75, 3.05) is 20.2 Å². The molecule has 0 atom stereocenters. The Morgan fingerprint density at radius 1 is 1.42 bits per heavy atom. The van der Waals surface area contributed by atoms with Crippen molar-refractivity contribution < 1.29 is 13.9 Å². The van der Waals surface area contributed by atoms with Crippen molar-refractivity contribution in [3.05, 3.63) is 29.6 Å². The van der Waals surface area contributed by atoms with Crippen molar-refractivity contribution in [3.8, 4) is 5.75 Å². The van der Waals surface area contributed by atoms with Gasteiger partial charge in [0.05, 0.1) is 0 Å². The number of carbonyl (C=O) groups excluding carboxylic acids is 1. The third kappa shape index (κ3) is 5.26. The van der Waals surface area contributed by atoms with Crippen molar-refractivity contribution in [2.45, 2.75) is 20.4 Å². The van der Waals surface area contributed by atoms with Crippen LogP contribution in [-0.4, -0.2) is 26.1 Å². The maximum Gasteiger partial charge on any atom is 0.257 e. The highest BCUT2D eigenvalue weighted by Crippen LogP contribution is 2.22. The lowest BCUT2D eigenvalue weighted by Gasteiger charge is -2.13. The summed E-state index contributed by atoms with van der Waals surface area (Å²) < 4.78 is 19.0. The van der Waals surface area contributed by atoms with Crippen LogP contribution in [0, 0.1) is 11.7 Å². The number of hydrogen-bond acceptors (Lipinski definition) is 3. The van der Waals surface area contributed by atoms with Crippen molar-refractivity contribution in [1.29, 1.82) is 0 Å². The number of ether oxygens (including phenoxy) is 1. The Morgan fingerprint density at radius 3 is 2.79 bits per heavy atom. The molecule has 0 aliphatic heterocycles. The van der Waals surface area contributed by atoms with E-state index >= 15 is 0 Å². The van der Waals surface area contributed by atoms with Gasteiger partial charge >= 0.3 is 0 Å². The van der Waals surface area contributed by atoms with Gasteiger partial charge in [-0.2, -0.15) is 0 Å². The number of likely N-dealkylation sites (N-methyl/N-ethyl adjacent to an activating group) is 1. The van der Waals surface area contributed by atoms with Crippen LogP contribution in [-0.2, 0) is 11.3 Å². The van der Waals surface area contributed by atoms with Crippen LogP contribution in [0.3, 0.4) is 0 Å². The van der Waals surface area contributed by atoms with Crippen LogP contribution in [0.25, 0.3) is 0 Å². The molecule has 0 saturated heterocycles. The van der Waals surface area contributed by atoms with Crippen LogP contribution in [0.5, 0.6) is 5.75 Å². The number of carbonyl (C=O) groups is 1. The molecule has 0 saturated carbocycles. The smallest absolute Gasteiger partial charge is 0.257 e. The van der Waals surface area contributed by atoms with E-state index in [0.717, 1.165) is 6.54 Å². The van der Waals surface area contributed by atoms with Crippen LogP contribution < -0.4 is 15.4 Å². The molecule has 1 amide bonds. The summed E-state index contributed by atoms with van der Waals surface area (Å²) >= 11 is 0. The standard InChI is InChI=1S/C14H21FN2O2/c1-10(2)7-17-8-11-5-4-6-12(15)14(11)19-9-13(18)16-3/h4-6,10,17H,7-9H2,1-3H3,(H,16,18). The average molecular weight is 268 g/mol. The summed E-state index contributed by atoms with van der Waals surface area (Å²) in [6, 6.07) is 4.75. The molecule has 0 radical (unpaired) electrons. The second-order valence-electron chi connectivity index (χ2n) is 4.71. The highest BCUT2D eigenvalue weighted by molar-refractivity contribution is 5.77. The minimum Gasteiger partial charge on any atom is -0.480 e. The topological polar surface area (TPSA) is 50.4 Å². The predicted molar refractivity (Wildman–Crippen MR) is 72.5 cm³/mol. The molecule has 0 bridgehead atoms. The number of halogens is 1. The number of benzene rings is 1. The van der Waals surface area contributed by atoms with Crippen molar-refractivity contribution in [1.82, 2.24) is 10.6 Å². The fourth-order valence-electron chi connectivity index (χ4n) is 1.56. The molecule has 106 valence electrons. The molecule has 0 aliphatic carbocycles. The second-order valence-corrected chi connectivity index (χ2v) is 4.71. The first-order valence-electron chi connectivity index (χ1n) is 6.36. The van der Waals surface area contributed by atoms with Gasteiger partial charge < -0.3 is 15.4 Å². The van der Waals surface area contributed by atoms with E-state index in [1.54, 1.807) is 12.1 Å². The maximum absolute atomic E-state index is 13.7. The monoisotopic (exact) mass is 268 g/mol. The van der Waals surface area contributed by atoms with Gasteiger partial charge in [0, 0.05) is 19.2 Å². The van der Waals surface area contributed by atoms with E-state index in [2.05, 4.69) is 24.5 Å². The van der Waals surface area contributed by atoms with E-state index in [0.29, 0.717) is 18.0 Å². The average Bonchev–Trinajstić information content (AvgIpc) is 2.37. The van der Waals surface area contributed by atoms with E-state index in [4.69, 9.17) is 4.74 Å². The van der Waals surface area contributed by atoms with Gasteiger partial charge in [-0.15, -0.1) is 0 Å². The van der Waals surface area contributed by atoms with Gasteiger partial charge in [0.15, 0.2) is 18.2 Å². The minimum absolute atomic E-state index is 0.141. The summed E-state index contributed by atoms with van der Waals surface area (Å²) in [6.07, 6.45) is 0. The number of para-hydroxylation sites is 1. The van der Waals surface area contributed by atoms with E-state index in [1.807, 2.05) is 0 Å². The fraction of sp³-hybridized carbons (Fsp3) is 0.500. The third-order valence-corrected chi connectivity index (χ3v) is 2.54. The molecule has 2 N–H and O–H groups in total. The van der Waals surface area contributed by atoms with Crippen LogP contribution in [0.2, 0.25) is 0 Å². The Labute approximate surface area is 113 Å². The van der Waals surface area contributed by atoms with Gasteiger partial charge in [-0.05, 0) is 18.5 Å². The number of nitrogens with one attached hydrogen (secondary N) is 2. The molecule has 0 unspecified atom stereocenters. The van der Waals surface area contributed by atoms with Crippen LogP contribution in [0.1, 0.15) is 19.4 Å². The highest BCUT2D eigenvalue weighted by Gasteiger charge is 2.11. The summed E-state index contributed by atoms with van der Waals surface area (Å²) in [7, 11) is 1.51. The number of rotatable bonds is 7. The Balaban J connectivity index is 2.68. The summed E-state index contributed by atoms with van der Waals surface area (Å²) in [4.78, 5) is 11.1. The normalized spacial score (nSPS) is 10.6. The largest absolute Gasteiger partial charge is 0.480 e. The van der Waals surface area contributed by atoms with Crippen LogP contribution in [0.15, 0.2) is 18.2 Å². The van der Waals surface area contributed by atoms with E-state index < -0.39 is 5.82 Å². The highest BCUT2D eigenvalue weighted by atomic mass is 19.1. The lowest BCUT2D eigenvalue weighted by Crippen LogP contribution is -2.26. The van der Waals surface area contributed by atoms with Crippen LogP contribution in [0.4, 0.5) is 4.39 Å². The van der Waals surface area contributed by atoms with Crippen molar-refractivity contribution in [2.24, 2.45) is 5.92 Å². The van der Waals surface area contributed by atoms with Crippen LogP contribution >= 0.6 is 0 Å². The zero-order valence-electron chi connectivity index (χ0n) is 11.6. The molecule has 0 aromatic heterocycles. The molecular weight excluding hydrogens is 247 g/mol. The van der Waals surface area contributed by atoms with E-state index in [-0.39, 0.29) is 18.3 Å². The fourth-order valence-corrected chi connectivity index (χ4v) is 1.56. The molecule has 5 heteroatoms. The molecule has 0 aliphatic rings. The first-order chi connectivity index (χ1) is 9.04. The Hall–Kier alpha value is -1.62. The van der Waals surface area contributed by atoms with Gasteiger partial charge in [-0.3, -0.25) is 4.79 Å². The van der Waals surface area contributed by atoms with E-state index in [9.17, 15) is 9.18 Å². The molecule has 4 nitrogen and oxygen atoms in total. The molecule has 19 heavy (non-hydrogen) atoms. The summed E-state index contributed by atoms with van der Waals surface area (Å²) in [6.45, 7) is 5.36. The van der Waals surface area contributed by atoms with Gasteiger partial charge in [-0.1, -0.05) is 26.0 Å². The maximum atomic E-state index is 13.7. The van der Waals surface area contributed by atoms with Crippen molar-refractivity contribution >= 4 is 5.91 Å². The SMILES string of the molecule is CNC(=O)COc1c(F)cccc1CNCC(C)C. The molecule has 0 spiro atoms. The first kappa shape index (κ1) is 15.4. The zero-order valence-corrected chi connectivity index (χ0v) is 11.6. The number of hydrogen-bond donors (Lipinski definition) is 2. The molecular formula is C14H21FN2O2. The quantitative estimate of drug-likeness (QED) is 0.791. The number of amides is 1. The van der Waals surface area contributed by atoms with Gasteiger partial charge in [0.2, 0.25) is 0 Å². The molecule has 1 rings (SSSR count). The zero-order chi connectivity index (χ0) is 14.3. The first-order valence-corrected chi connectivity index (χ1v) is 6.36. The molecule has 0 heterocycles. The van der Waals surface area contributed by atoms with Gasteiger partial charge in [0.1, 0.15) is 0 Å². The Bertz CT molecular complexity index is 422. The summed E-state index contributed by atoms with van der Waals surface area (Å²) in [5.74, 6) is -0.0803. The molecule has 0 fully saturated rings. The molecule has 1 aromatic rings. The summed E-state index contributed by atoms with van der Waals surface area (Å²) in [5, 5.41) is 5.65.